The van der Waals surface area contributed by atoms with E-state index in [4.69, 9.17) is 19.9 Å². The summed E-state index contributed by atoms with van der Waals surface area (Å²) in [5, 5.41) is 6.66. The van der Waals surface area contributed by atoms with Crippen molar-refractivity contribution in [3.05, 3.63) is 24.4 Å². The van der Waals surface area contributed by atoms with E-state index in [0.717, 1.165) is 42.9 Å². The van der Waals surface area contributed by atoms with Crippen molar-refractivity contribution in [1.82, 2.24) is 10.2 Å². The topological polar surface area (TPSA) is 82.4 Å². The Hall–Kier alpha value is -2.21. The molecule has 6 nitrogen and oxygen atoms in total. The van der Waals surface area contributed by atoms with E-state index in [0.29, 0.717) is 11.6 Å². The van der Waals surface area contributed by atoms with Crippen LogP contribution in [0.2, 0.25) is 0 Å². The number of methoxy groups -OCH3 is 1. The lowest BCUT2D eigenvalue weighted by molar-refractivity contribution is 0.0245. The molecule has 0 radical (unpaired) electrons. The molecule has 0 atom stereocenters. The van der Waals surface area contributed by atoms with Crippen LogP contribution < -0.4 is 15.2 Å². The molecule has 1 aliphatic rings. The third-order valence-corrected chi connectivity index (χ3v) is 3.61. The molecule has 2 aromatic rings. The normalized spacial score (nSPS) is 15.9. The van der Waals surface area contributed by atoms with Crippen molar-refractivity contribution in [1.29, 1.82) is 0 Å². The SMILES string of the molecule is COc1cc(-c2cn[nH]c2N)ccc1OC1CCOCC1. The minimum Gasteiger partial charge on any atom is -0.493 e. The molecule has 0 unspecified atom stereocenters. The number of nitrogen functional groups attached to an aromatic ring is 1. The van der Waals surface area contributed by atoms with Gasteiger partial charge in [-0.25, -0.2) is 0 Å². The number of hydrogen-bond donors (Lipinski definition) is 2. The average molecular weight is 289 g/mol. The van der Waals surface area contributed by atoms with Gasteiger partial charge in [-0.1, -0.05) is 6.07 Å². The van der Waals surface area contributed by atoms with Gasteiger partial charge in [0, 0.05) is 18.4 Å². The summed E-state index contributed by atoms with van der Waals surface area (Å²) in [7, 11) is 1.63. The smallest absolute Gasteiger partial charge is 0.161 e. The maximum atomic E-state index is 6.02. The third-order valence-electron chi connectivity index (χ3n) is 3.61. The Labute approximate surface area is 123 Å². The number of aromatic amines is 1. The zero-order valence-electron chi connectivity index (χ0n) is 12.0. The highest BCUT2D eigenvalue weighted by molar-refractivity contribution is 5.75. The number of benzene rings is 1. The van der Waals surface area contributed by atoms with Gasteiger partial charge in [-0.3, -0.25) is 5.10 Å². The minimum atomic E-state index is 0.178. The van der Waals surface area contributed by atoms with Crippen molar-refractivity contribution in [2.75, 3.05) is 26.1 Å². The van der Waals surface area contributed by atoms with Crippen LogP contribution in [0, 0.1) is 0 Å². The minimum absolute atomic E-state index is 0.178. The molecule has 3 N–H and O–H groups in total. The van der Waals surface area contributed by atoms with Crippen LogP contribution in [0.5, 0.6) is 11.5 Å². The fraction of sp³-hybridized carbons (Fsp3) is 0.400. The van der Waals surface area contributed by atoms with E-state index < -0.39 is 0 Å². The van der Waals surface area contributed by atoms with Crippen molar-refractivity contribution in [2.24, 2.45) is 0 Å². The van der Waals surface area contributed by atoms with Crippen LogP contribution in [0.15, 0.2) is 24.4 Å². The highest BCUT2D eigenvalue weighted by Gasteiger charge is 2.18. The van der Waals surface area contributed by atoms with Crippen LogP contribution in [0.25, 0.3) is 11.1 Å². The van der Waals surface area contributed by atoms with Crippen LogP contribution in [0.1, 0.15) is 12.8 Å². The standard InChI is InChI=1S/C15H19N3O3/c1-19-14-8-10(12-9-17-18-15(12)16)2-3-13(14)21-11-4-6-20-7-5-11/h2-3,8-9,11H,4-7H2,1H3,(H3,16,17,18). The number of rotatable bonds is 4. The number of nitrogens with zero attached hydrogens (tertiary/aromatic N) is 1. The van der Waals surface area contributed by atoms with Crippen LogP contribution in [-0.4, -0.2) is 36.6 Å². The van der Waals surface area contributed by atoms with E-state index in [1.54, 1.807) is 13.3 Å². The number of nitrogens with two attached hydrogens (primary N) is 1. The molecule has 1 aromatic carbocycles. The summed E-state index contributed by atoms with van der Waals surface area (Å²) in [5.74, 6) is 1.98. The Balaban J connectivity index is 1.83. The van der Waals surface area contributed by atoms with Crippen molar-refractivity contribution >= 4 is 5.82 Å². The summed E-state index contributed by atoms with van der Waals surface area (Å²) in [4.78, 5) is 0. The molecule has 0 bridgehead atoms. The summed E-state index contributed by atoms with van der Waals surface area (Å²) in [6.07, 6.45) is 3.68. The predicted octanol–water partition coefficient (Wildman–Crippen LogP) is 2.23. The molecule has 3 rings (SSSR count). The van der Waals surface area contributed by atoms with Crippen molar-refractivity contribution in [3.63, 3.8) is 0 Å². The van der Waals surface area contributed by atoms with Crippen LogP contribution in [-0.2, 0) is 4.74 Å². The first kappa shape index (κ1) is 13.8. The zero-order valence-corrected chi connectivity index (χ0v) is 12.0. The number of aromatic nitrogens is 2. The highest BCUT2D eigenvalue weighted by Crippen LogP contribution is 2.35. The second-order valence-electron chi connectivity index (χ2n) is 4.99. The molecule has 21 heavy (non-hydrogen) atoms. The number of hydrogen-bond acceptors (Lipinski definition) is 5. The number of nitrogens with one attached hydrogen (secondary N) is 1. The largest absolute Gasteiger partial charge is 0.493 e. The first-order valence-electron chi connectivity index (χ1n) is 6.99. The first-order valence-corrected chi connectivity index (χ1v) is 6.99. The maximum absolute atomic E-state index is 6.02. The Morgan fingerprint density at radius 3 is 2.76 bits per heavy atom. The molecule has 0 spiro atoms. The predicted molar refractivity (Wildman–Crippen MR) is 79.5 cm³/mol. The molecule has 0 saturated carbocycles. The van der Waals surface area contributed by atoms with Crippen molar-refractivity contribution in [2.45, 2.75) is 18.9 Å². The van der Waals surface area contributed by atoms with Gasteiger partial charge in [-0.05, 0) is 17.7 Å². The van der Waals surface area contributed by atoms with Gasteiger partial charge in [0.1, 0.15) is 11.9 Å². The summed E-state index contributed by atoms with van der Waals surface area (Å²) < 4.78 is 16.8. The molecule has 0 amide bonds. The molecule has 112 valence electrons. The van der Waals surface area contributed by atoms with E-state index in [2.05, 4.69) is 10.2 Å². The number of H-pyrrole nitrogens is 1. The maximum Gasteiger partial charge on any atom is 0.161 e. The van der Waals surface area contributed by atoms with Crippen LogP contribution in [0.3, 0.4) is 0 Å². The fourth-order valence-electron chi connectivity index (χ4n) is 2.43. The van der Waals surface area contributed by atoms with Gasteiger partial charge >= 0.3 is 0 Å². The molecule has 1 saturated heterocycles. The van der Waals surface area contributed by atoms with Gasteiger partial charge in [0.05, 0.1) is 26.5 Å². The molecule has 1 fully saturated rings. The van der Waals surface area contributed by atoms with Gasteiger partial charge in [0.15, 0.2) is 11.5 Å². The Morgan fingerprint density at radius 1 is 1.29 bits per heavy atom. The zero-order chi connectivity index (χ0) is 14.7. The van der Waals surface area contributed by atoms with Gasteiger partial charge in [-0.15, -0.1) is 0 Å². The van der Waals surface area contributed by atoms with Crippen molar-refractivity contribution in [3.8, 4) is 22.6 Å². The van der Waals surface area contributed by atoms with E-state index >= 15 is 0 Å². The van der Waals surface area contributed by atoms with Gasteiger partial charge < -0.3 is 19.9 Å². The lowest BCUT2D eigenvalue weighted by atomic mass is 10.1. The molecule has 6 heteroatoms. The summed E-state index contributed by atoms with van der Waals surface area (Å²) in [5.41, 5.74) is 7.64. The van der Waals surface area contributed by atoms with Gasteiger partial charge in [0.25, 0.3) is 0 Å². The van der Waals surface area contributed by atoms with E-state index in [-0.39, 0.29) is 6.10 Å². The van der Waals surface area contributed by atoms with Crippen LogP contribution >= 0.6 is 0 Å². The quantitative estimate of drug-likeness (QED) is 0.902. The van der Waals surface area contributed by atoms with Crippen LogP contribution in [0.4, 0.5) is 5.82 Å². The third kappa shape index (κ3) is 2.95. The second-order valence-corrected chi connectivity index (χ2v) is 4.99. The fourth-order valence-corrected chi connectivity index (χ4v) is 2.43. The Kier molecular flexibility index (Phi) is 3.96. The Morgan fingerprint density at radius 2 is 2.10 bits per heavy atom. The summed E-state index contributed by atoms with van der Waals surface area (Å²) in [6.45, 7) is 1.49. The molecule has 1 aliphatic heterocycles. The highest BCUT2D eigenvalue weighted by atomic mass is 16.5. The molecular formula is C15H19N3O3. The average Bonchev–Trinajstić information content (AvgIpc) is 2.95. The molecule has 0 aliphatic carbocycles. The van der Waals surface area contributed by atoms with E-state index in [1.165, 1.54) is 0 Å². The monoisotopic (exact) mass is 289 g/mol. The number of ether oxygens (including phenoxy) is 3. The van der Waals surface area contributed by atoms with Gasteiger partial charge in [-0.2, -0.15) is 5.10 Å². The molecule has 1 aromatic heterocycles. The molecular weight excluding hydrogens is 270 g/mol. The van der Waals surface area contributed by atoms with Crippen molar-refractivity contribution < 1.29 is 14.2 Å². The van der Waals surface area contributed by atoms with E-state index in [1.807, 2.05) is 18.2 Å². The number of anilines is 1. The molecule has 2 heterocycles. The lowest BCUT2D eigenvalue weighted by Gasteiger charge is -2.24. The van der Waals surface area contributed by atoms with E-state index in [9.17, 15) is 0 Å². The summed E-state index contributed by atoms with van der Waals surface area (Å²) >= 11 is 0. The first-order chi connectivity index (χ1) is 10.3. The van der Waals surface area contributed by atoms with Gasteiger partial charge in [0.2, 0.25) is 0 Å². The lowest BCUT2D eigenvalue weighted by Crippen LogP contribution is -2.26. The summed E-state index contributed by atoms with van der Waals surface area (Å²) in [6, 6.07) is 5.78. The second kappa shape index (κ2) is 6.05. The Bertz CT molecular complexity index is 606.